The summed E-state index contributed by atoms with van der Waals surface area (Å²) in [5.41, 5.74) is 0. The van der Waals surface area contributed by atoms with Crippen molar-refractivity contribution in [3.05, 3.63) is 0 Å². The van der Waals surface area contributed by atoms with Crippen LogP contribution in [-0.2, 0) is 38.1 Å². The fourth-order valence-corrected chi connectivity index (χ4v) is 6.31. The Bertz CT molecular complexity index is 850. The second kappa shape index (κ2) is 27.8. The molecule has 0 aromatic carbocycles. The summed E-state index contributed by atoms with van der Waals surface area (Å²) >= 11 is 0. The normalized spacial score (nSPS) is 17.0. The lowest BCUT2D eigenvalue weighted by molar-refractivity contribution is -0.186. The first-order valence-corrected chi connectivity index (χ1v) is 19.2. The Hall–Kier alpha value is -2.16. The molecule has 1 aliphatic heterocycles. The van der Waals surface area contributed by atoms with Crippen LogP contribution >= 0.6 is 0 Å². The molecule has 4 atom stereocenters. The Morgan fingerprint density at radius 2 is 1.21 bits per heavy atom. The van der Waals surface area contributed by atoms with Gasteiger partial charge in [-0.25, -0.2) is 0 Å². The van der Waals surface area contributed by atoms with E-state index in [9.17, 15) is 19.2 Å². The van der Waals surface area contributed by atoms with Crippen LogP contribution in [0.5, 0.6) is 0 Å². The lowest BCUT2D eigenvalue weighted by atomic mass is 9.96. The fourth-order valence-electron chi connectivity index (χ4n) is 6.31. The quantitative estimate of drug-likeness (QED) is 0.0460. The number of carbonyl (C=O) groups is 4. The maximum absolute atomic E-state index is 13.0. The van der Waals surface area contributed by atoms with Crippen molar-refractivity contribution in [1.29, 1.82) is 0 Å². The highest BCUT2D eigenvalue weighted by Crippen LogP contribution is 2.24. The molecule has 274 valence electrons. The zero-order valence-electron chi connectivity index (χ0n) is 30.7. The van der Waals surface area contributed by atoms with Gasteiger partial charge < -0.3 is 23.8 Å². The van der Waals surface area contributed by atoms with Crippen LogP contribution in [-0.4, -0.2) is 72.8 Å². The van der Waals surface area contributed by atoms with E-state index in [0.717, 1.165) is 13.1 Å². The lowest BCUT2D eigenvalue weighted by Gasteiger charge is -2.36. The third kappa shape index (κ3) is 20.7. The van der Waals surface area contributed by atoms with Crippen molar-refractivity contribution in [1.82, 2.24) is 4.90 Å². The smallest absolute Gasteiger partial charge is 0.306 e. The molecule has 0 radical (unpaired) electrons. The largest absolute Gasteiger partial charge is 0.466 e. The number of rotatable bonds is 28. The summed E-state index contributed by atoms with van der Waals surface area (Å²) in [7, 11) is 0. The van der Waals surface area contributed by atoms with Gasteiger partial charge in [0, 0.05) is 38.1 Å². The predicted octanol–water partition coefficient (Wildman–Crippen LogP) is 8.63. The van der Waals surface area contributed by atoms with Crippen LogP contribution in [0, 0.1) is 0 Å². The maximum Gasteiger partial charge on any atom is 0.306 e. The van der Waals surface area contributed by atoms with Crippen molar-refractivity contribution in [3.63, 3.8) is 0 Å². The van der Waals surface area contributed by atoms with E-state index in [0.29, 0.717) is 38.1 Å². The third-order valence-corrected chi connectivity index (χ3v) is 8.94. The number of carbonyl (C=O) groups excluding carboxylic acids is 4. The summed E-state index contributed by atoms with van der Waals surface area (Å²) in [6, 6.07) is 0.593. The number of ether oxygens (including phenoxy) is 4. The second-order valence-electron chi connectivity index (χ2n) is 13.3. The van der Waals surface area contributed by atoms with Gasteiger partial charge in [0.2, 0.25) is 0 Å². The number of unbranched alkanes of at least 4 members (excludes halogenated alkanes) is 8. The molecule has 0 saturated carbocycles. The Kier molecular flexibility index (Phi) is 25.3. The van der Waals surface area contributed by atoms with Gasteiger partial charge in [-0.1, -0.05) is 91.9 Å². The molecule has 1 aliphatic rings. The van der Waals surface area contributed by atoms with Crippen LogP contribution in [0.2, 0.25) is 0 Å². The van der Waals surface area contributed by atoms with E-state index < -0.39 is 30.3 Å². The van der Waals surface area contributed by atoms with Gasteiger partial charge in [-0.05, 0) is 65.0 Å². The van der Waals surface area contributed by atoms with Crippen molar-refractivity contribution in [2.45, 2.75) is 200 Å². The molecule has 1 saturated heterocycles. The summed E-state index contributed by atoms with van der Waals surface area (Å²) in [6.45, 7) is 11.5. The molecule has 9 heteroatoms. The zero-order chi connectivity index (χ0) is 34.7. The van der Waals surface area contributed by atoms with Crippen LogP contribution in [0.1, 0.15) is 176 Å². The van der Waals surface area contributed by atoms with Gasteiger partial charge in [0.25, 0.3) is 0 Å². The van der Waals surface area contributed by atoms with E-state index >= 15 is 0 Å². The van der Waals surface area contributed by atoms with Gasteiger partial charge in [0.05, 0.1) is 6.61 Å². The van der Waals surface area contributed by atoms with Crippen LogP contribution in [0.15, 0.2) is 0 Å². The first-order chi connectivity index (χ1) is 22.7. The molecule has 9 nitrogen and oxygen atoms in total. The molecule has 0 bridgehead atoms. The molecule has 0 amide bonds. The Morgan fingerprint density at radius 1 is 0.638 bits per heavy atom. The summed E-state index contributed by atoms with van der Waals surface area (Å²) in [5.74, 6) is -1.60. The number of hydrogen-bond acceptors (Lipinski definition) is 9. The summed E-state index contributed by atoms with van der Waals surface area (Å²) in [5, 5.41) is 0. The predicted molar refractivity (Wildman–Crippen MR) is 186 cm³/mol. The van der Waals surface area contributed by atoms with Crippen LogP contribution in [0.3, 0.4) is 0 Å². The Morgan fingerprint density at radius 3 is 1.85 bits per heavy atom. The van der Waals surface area contributed by atoms with Gasteiger partial charge in [-0.15, -0.1) is 0 Å². The van der Waals surface area contributed by atoms with Crippen LogP contribution < -0.4 is 0 Å². The van der Waals surface area contributed by atoms with E-state index in [1.165, 1.54) is 83.5 Å². The van der Waals surface area contributed by atoms with E-state index in [2.05, 4.69) is 11.8 Å². The summed E-state index contributed by atoms with van der Waals surface area (Å²) in [4.78, 5) is 52.6. The average molecular weight is 668 g/mol. The fraction of sp³-hybridized carbons (Fsp3) is 0.895. The van der Waals surface area contributed by atoms with E-state index in [4.69, 9.17) is 18.9 Å². The Balaban J connectivity index is 2.68. The maximum atomic E-state index is 13.0. The van der Waals surface area contributed by atoms with Crippen molar-refractivity contribution in [2.75, 3.05) is 19.7 Å². The number of nitrogens with zero attached hydrogens (tertiary/aromatic N) is 1. The molecule has 1 fully saturated rings. The van der Waals surface area contributed by atoms with E-state index in [1.807, 2.05) is 20.8 Å². The molecule has 0 aromatic heterocycles. The van der Waals surface area contributed by atoms with Gasteiger partial charge in [-0.3, -0.25) is 19.2 Å². The van der Waals surface area contributed by atoms with Crippen molar-refractivity contribution in [2.24, 2.45) is 0 Å². The zero-order valence-corrected chi connectivity index (χ0v) is 30.7. The minimum Gasteiger partial charge on any atom is -0.466 e. The average Bonchev–Trinajstić information content (AvgIpc) is 3.03. The Labute approximate surface area is 286 Å². The topological polar surface area (TPSA) is 108 Å². The van der Waals surface area contributed by atoms with Gasteiger partial charge in [0.1, 0.15) is 12.2 Å². The molecule has 0 N–H and O–H groups in total. The molecule has 1 heterocycles. The number of esters is 4. The van der Waals surface area contributed by atoms with Crippen LogP contribution in [0.25, 0.3) is 0 Å². The lowest BCUT2D eigenvalue weighted by Crippen LogP contribution is -2.45. The minimum absolute atomic E-state index is 0.00144. The number of likely N-dealkylation sites (tertiary alicyclic amines) is 1. The van der Waals surface area contributed by atoms with Crippen molar-refractivity contribution >= 4 is 23.9 Å². The molecule has 1 unspecified atom stereocenters. The SMILES string of the molecule is CCCCCCCCCCCC1CCCCN1CCCC(=O)O[C@@H](C)[C@@H](OC(=O)CCC)[C@@H](CCOC(=O)CCC)OC(=O)CCC. The first-order valence-electron chi connectivity index (χ1n) is 19.2. The minimum atomic E-state index is -1.01. The summed E-state index contributed by atoms with van der Waals surface area (Å²) < 4.78 is 22.6. The molecular formula is C38H69NO8. The van der Waals surface area contributed by atoms with E-state index in [1.54, 1.807) is 6.92 Å². The standard InChI is InChI=1S/C38H69NO8/c1-6-10-11-12-13-14-15-16-17-24-32-25-18-19-28-39(32)29-20-26-37(43)45-31(5)38(47-36(42)23-9-4)33(46-35(41)22-8-3)27-30-44-34(40)21-7-2/h31-33,38H,6-30H2,1-5H3/t31-,32?,33+,38+/m0/s1. The number of piperidine rings is 1. The third-order valence-electron chi connectivity index (χ3n) is 8.94. The van der Waals surface area contributed by atoms with Gasteiger partial charge in [-0.2, -0.15) is 0 Å². The molecule has 47 heavy (non-hydrogen) atoms. The monoisotopic (exact) mass is 668 g/mol. The highest BCUT2D eigenvalue weighted by molar-refractivity contribution is 5.71. The van der Waals surface area contributed by atoms with Gasteiger partial charge >= 0.3 is 23.9 Å². The molecule has 0 aliphatic carbocycles. The molecular weight excluding hydrogens is 598 g/mol. The number of hydrogen-bond donors (Lipinski definition) is 0. The van der Waals surface area contributed by atoms with Gasteiger partial charge in [0.15, 0.2) is 6.10 Å². The molecule has 1 rings (SSSR count). The van der Waals surface area contributed by atoms with Crippen LogP contribution in [0.4, 0.5) is 0 Å². The highest BCUT2D eigenvalue weighted by atomic mass is 16.6. The first kappa shape index (κ1) is 42.9. The van der Waals surface area contributed by atoms with Crippen molar-refractivity contribution in [3.8, 4) is 0 Å². The van der Waals surface area contributed by atoms with Crippen molar-refractivity contribution < 1.29 is 38.1 Å². The highest BCUT2D eigenvalue weighted by Gasteiger charge is 2.36. The molecule has 0 aromatic rings. The molecule has 0 spiro atoms. The second-order valence-corrected chi connectivity index (χ2v) is 13.3. The van der Waals surface area contributed by atoms with E-state index in [-0.39, 0.29) is 44.2 Å². The summed E-state index contributed by atoms with van der Waals surface area (Å²) in [6.07, 6.45) is 17.8.